The Morgan fingerprint density at radius 2 is 2.11 bits per heavy atom. The van der Waals surface area contributed by atoms with E-state index in [2.05, 4.69) is 0 Å². The lowest BCUT2D eigenvalue weighted by atomic mass is 10.1. The molecule has 1 amide bonds. The highest BCUT2D eigenvalue weighted by atomic mass is 16.6. The summed E-state index contributed by atoms with van der Waals surface area (Å²) < 4.78 is 15.9. The molecule has 2 N–H and O–H groups in total. The zero-order valence-electron chi connectivity index (χ0n) is 11.2. The van der Waals surface area contributed by atoms with Gasteiger partial charge in [0.2, 0.25) is 5.91 Å². The fourth-order valence-electron chi connectivity index (χ4n) is 2.24. The van der Waals surface area contributed by atoms with E-state index in [1.54, 1.807) is 7.11 Å². The number of hydrogen-bond acceptors (Lipinski definition) is 5. The van der Waals surface area contributed by atoms with E-state index < -0.39 is 12.0 Å². The summed E-state index contributed by atoms with van der Waals surface area (Å²) in [4.78, 5) is 22.5. The lowest BCUT2D eigenvalue weighted by Crippen LogP contribution is -2.28. The molecule has 1 aliphatic carbocycles. The van der Waals surface area contributed by atoms with Gasteiger partial charge in [-0.2, -0.15) is 0 Å². The first kappa shape index (κ1) is 14.3. The molecule has 1 saturated carbocycles. The molecule has 2 atom stereocenters. The fourth-order valence-corrected chi connectivity index (χ4v) is 2.24. The number of rotatable bonds is 7. The van der Waals surface area contributed by atoms with Crippen molar-refractivity contribution in [2.45, 2.75) is 56.3 Å². The Bertz CT molecular complexity index is 353. The average molecular weight is 271 g/mol. The van der Waals surface area contributed by atoms with Crippen LogP contribution in [0.5, 0.6) is 0 Å². The van der Waals surface area contributed by atoms with Gasteiger partial charge >= 0.3 is 5.97 Å². The summed E-state index contributed by atoms with van der Waals surface area (Å²) in [6, 6.07) is 0. The molecule has 2 rings (SSSR count). The van der Waals surface area contributed by atoms with Crippen molar-refractivity contribution in [2.75, 3.05) is 13.7 Å². The van der Waals surface area contributed by atoms with Crippen molar-refractivity contribution in [2.24, 2.45) is 5.73 Å². The van der Waals surface area contributed by atoms with Gasteiger partial charge in [-0.1, -0.05) is 0 Å². The standard InChI is InChI=1S/C13H21NO5/c1-17-13(6-7-13)8-18-11(15)5-3-9-2-4-10(19-9)12(14)16/h9-10H,2-8H2,1H3,(H2,14,16)/t9-,10+/m0/s1. The number of amides is 1. The summed E-state index contributed by atoms with van der Waals surface area (Å²) in [6.07, 6.45) is 3.61. The summed E-state index contributed by atoms with van der Waals surface area (Å²) in [7, 11) is 1.64. The quantitative estimate of drug-likeness (QED) is 0.682. The van der Waals surface area contributed by atoms with Crippen LogP contribution in [0.2, 0.25) is 0 Å². The van der Waals surface area contributed by atoms with Crippen LogP contribution in [-0.2, 0) is 23.8 Å². The van der Waals surface area contributed by atoms with E-state index in [1.165, 1.54) is 0 Å². The molecule has 0 spiro atoms. The number of methoxy groups -OCH3 is 1. The second-order valence-electron chi connectivity index (χ2n) is 5.31. The Morgan fingerprint density at radius 3 is 2.63 bits per heavy atom. The monoisotopic (exact) mass is 271 g/mol. The van der Waals surface area contributed by atoms with E-state index >= 15 is 0 Å². The van der Waals surface area contributed by atoms with Gasteiger partial charge in [-0.05, 0) is 32.1 Å². The highest BCUT2D eigenvalue weighted by Crippen LogP contribution is 2.39. The van der Waals surface area contributed by atoms with Crippen LogP contribution in [0, 0.1) is 0 Å². The number of carbonyl (C=O) groups is 2. The van der Waals surface area contributed by atoms with E-state index in [9.17, 15) is 9.59 Å². The van der Waals surface area contributed by atoms with Gasteiger partial charge in [0.1, 0.15) is 18.3 Å². The molecule has 0 bridgehead atoms. The molecule has 1 heterocycles. The van der Waals surface area contributed by atoms with E-state index in [4.69, 9.17) is 19.9 Å². The fraction of sp³-hybridized carbons (Fsp3) is 0.846. The Labute approximate surface area is 112 Å². The predicted octanol–water partition coefficient (Wildman–Crippen LogP) is 0.522. The molecule has 0 radical (unpaired) electrons. The van der Waals surface area contributed by atoms with Gasteiger partial charge in [0, 0.05) is 13.5 Å². The minimum absolute atomic E-state index is 0.0673. The molecular formula is C13H21NO5. The molecule has 1 saturated heterocycles. The second-order valence-corrected chi connectivity index (χ2v) is 5.31. The first-order valence-corrected chi connectivity index (χ1v) is 6.70. The van der Waals surface area contributed by atoms with E-state index in [1.807, 2.05) is 0 Å². The van der Waals surface area contributed by atoms with Crippen LogP contribution in [0.4, 0.5) is 0 Å². The smallest absolute Gasteiger partial charge is 0.305 e. The Kier molecular flexibility index (Phi) is 4.42. The van der Waals surface area contributed by atoms with Crippen LogP contribution < -0.4 is 5.73 Å². The van der Waals surface area contributed by atoms with Crippen LogP contribution >= 0.6 is 0 Å². The molecular weight excluding hydrogens is 250 g/mol. The summed E-state index contributed by atoms with van der Waals surface area (Å²) in [6.45, 7) is 0.331. The van der Waals surface area contributed by atoms with Crippen molar-refractivity contribution in [1.82, 2.24) is 0 Å². The summed E-state index contributed by atoms with van der Waals surface area (Å²) in [5.74, 6) is -0.671. The molecule has 2 aliphatic rings. The molecule has 0 aromatic heterocycles. The minimum Gasteiger partial charge on any atom is -0.463 e. The van der Waals surface area contributed by atoms with Gasteiger partial charge in [-0.3, -0.25) is 9.59 Å². The van der Waals surface area contributed by atoms with Crippen LogP contribution in [0.25, 0.3) is 0 Å². The lowest BCUT2D eigenvalue weighted by Gasteiger charge is -2.14. The average Bonchev–Trinajstić information content (AvgIpc) is 3.02. The topological polar surface area (TPSA) is 87.9 Å². The maximum Gasteiger partial charge on any atom is 0.305 e. The highest BCUT2D eigenvalue weighted by molar-refractivity contribution is 5.79. The van der Waals surface area contributed by atoms with Crippen LogP contribution in [0.15, 0.2) is 0 Å². The number of ether oxygens (including phenoxy) is 3. The van der Waals surface area contributed by atoms with Gasteiger partial charge in [0.15, 0.2) is 0 Å². The summed E-state index contributed by atoms with van der Waals surface area (Å²) >= 11 is 0. The van der Waals surface area contributed by atoms with Crippen LogP contribution in [0.1, 0.15) is 38.5 Å². The normalized spacial score (nSPS) is 28.1. The van der Waals surface area contributed by atoms with Gasteiger partial charge in [0.25, 0.3) is 0 Å². The van der Waals surface area contributed by atoms with Crippen molar-refractivity contribution < 1.29 is 23.8 Å². The summed E-state index contributed by atoms with van der Waals surface area (Å²) in [5, 5.41) is 0. The lowest BCUT2D eigenvalue weighted by molar-refractivity contribution is -0.149. The third-order valence-corrected chi connectivity index (χ3v) is 3.83. The Morgan fingerprint density at radius 1 is 1.37 bits per heavy atom. The largest absolute Gasteiger partial charge is 0.463 e. The van der Waals surface area contributed by atoms with Crippen molar-refractivity contribution in [3.05, 3.63) is 0 Å². The number of hydrogen-bond donors (Lipinski definition) is 1. The summed E-state index contributed by atoms with van der Waals surface area (Å²) in [5.41, 5.74) is 4.94. The van der Waals surface area contributed by atoms with Crippen LogP contribution in [0.3, 0.4) is 0 Å². The van der Waals surface area contributed by atoms with Crippen molar-refractivity contribution in [3.8, 4) is 0 Å². The Balaban J connectivity index is 1.60. The molecule has 108 valence electrons. The van der Waals surface area contributed by atoms with Crippen LogP contribution in [-0.4, -0.2) is 43.4 Å². The van der Waals surface area contributed by atoms with Crippen molar-refractivity contribution in [1.29, 1.82) is 0 Å². The highest BCUT2D eigenvalue weighted by Gasteiger charge is 2.44. The van der Waals surface area contributed by atoms with Crippen molar-refractivity contribution in [3.63, 3.8) is 0 Å². The number of primary amides is 1. The molecule has 6 heteroatoms. The van der Waals surface area contributed by atoms with Gasteiger partial charge in [-0.15, -0.1) is 0 Å². The third-order valence-electron chi connectivity index (χ3n) is 3.83. The first-order chi connectivity index (χ1) is 9.04. The second kappa shape index (κ2) is 5.88. The molecule has 1 aliphatic heterocycles. The maximum absolute atomic E-state index is 11.6. The van der Waals surface area contributed by atoms with E-state index in [0.717, 1.165) is 19.3 Å². The number of esters is 1. The zero-order valence-corrected chi connectivity index (χ0v) is 11.2. The number of nitrogens with two attached hydrogens (primary N) is 1. The van der Waals surface area contributed by atoms with Gasteiger partial charge in [-0.25, -0.2) is 0 Å². The SMILES string of the molecule is COC1(COC(=O)CC[C@@H]2CC[C@H](C(N)=O)O2)CC1. The van der Waals surface area contributed by atoms with Gasteiger partial charge < -0.3 is 19.9 Å². The molecule has 0 unspecified atom stereocenters. The van der Waals surface area contributed by atoms with E-state index in [0.29, 0.717) is 25.9 Å². The first-order valence-electron chi connectivity index (χ1n) is 6.70. The molecule has 0 aromatic carbocycles. The molecule has 2 fully saturated rings. The van der Waals surface area contributed by atoms with E-state index in [-0.39, 0.29) is 17.7 Å². The third kappa shape index (κ3) is 3.91. The number of carbonyl (C=O) groups excluding carboxylic acids is 2. The minimum atomic E-state index is -0.496. The predicted molar refractivity (Wildman–Crippen MR) is 66.3 cm³/mol. The Hall–Kier alpha value is -1.14. The van der Waals surface area contributed by atoms with Crippen molar-refractivity contribution >= 4 is 11.9 Å². The van der Waals surface area contributed by atoms with Gasteiger partial charge in [0.05, 0.1) is 6.10 Å². The maximum atomic E-state index is 11.6. The molecule has 19 heavy (non-hydrogen) atoms. The molecule has 0 aromatic rings. The molecule has 6 nitrogen and oxygen atoms in total. The zero-order chi connectivity index (χ0) is 13.9.